The van der Waals surface area contributed by atoms with Gasteiger partial charge in [-0.15, -0.1) is 0 Å². The van der Waals surface area contributed by atoms with Crippen LogP contribution in [-0.4, -0.2) is 46.6 Å². The number of methoxy groups -OCH3 is 1. The third-order valence-electron chi connectivity index (χ3n) is 6.29. The first-order valence-electron chi connectivity index (χ1n) is 12.5. The maximum Gasteiger partial charge on any atom is 0.436 e. The number of ether oxygens (including phenoxy) is 2. The molecule has 5 aromatic rings. The lowest BCUT2D eigenvalue weighted by molar-refractivity contribution is 0.127. The zero-order chi connectivity index (χ0) is 29.0. The van der Waals surface area contributed by atoms with Gasteiger partial charge >= 0.3 is 6.09 Å². The Kier molecular flexibility index (Phi) is 7.81. The number of nitrogens with one attached hydrogen (secondary N) is 1. The summed E-state index contributed by atoms with van der Waals surface area (Å²) in [5, 5.41) is 14.3. The summed E-state index contributed by atoms with van der Waals surface area (Å²) in [6.45, 7) is 2.14. The first kappa shape index (κ1) is 27.6. The second-order valence-electron chi connectivity index (χ2n) is 8.75. The minimum atomic E-state index is -4.32. The van der Waals surface area contributed by atoms with Crippen molar-refractivity contribution in [1.29, 1.82) is 0 Å². The van der Waals surface area contributed by atoms with Crippen molar-refractivity contribution < 1.29 is 27.9 Å². The van der Waals surface area contributed by atoms with E-state index in [1.807, 2.05) is 37.3 Å². The van der Waals surface area contributed by atoms with Crippen molar-refractivity contribution in [3.8, 4) is 22.8 Å². The first-order valence-corrected chi connectivity index (χ1v) is 13.9. The van der Waals surface area contributed by atoms with Crippen molar-refractivity contribution in [2.45, 2.75) is 24.9 Å². The predicted octanol–water partition coefficient (Wildman–Crippen LogP) is 4.39. The fourth-order valence-electron chi connectivity index (χ4n) is 4.39. The van der Waals surface area contributed by atoms with E-state index in [-0.39, 0.29) is 22.9 Å². The number of rotatable bonds is 9. The Balaban J connectivity index is 1.86. The summed E-state index contributed by atoms with van der Waals surface area (Å²) >= 11 is 0. The molecular formula is C28H26N6O6S. The number of benzene rings is 2. The molecule has 0 saturated heterocycles. The molecule has 12 nitrogen and oxygen atoms in total. The van der Waals surface area contributed by atoms with Crippen molar-refractivity contribution in [1.82, 2.24) is 25.2 Å². The third kappa shape index (κ3) is 5.40. The lowest BCUT2D eigenvalue weighted by atomic mass is 10.1. The lowest BCUT2D eigenvalue weighted by Gasteiger charge is -2.27. The molecule has 1 amide bonds. The van der Waals surface area contributed by atoms with Gasteiger partial charge in [-0.3, -0.25) is 14.5 Å². The number of aromatic nitrogens is 4. The Morgan fingerprint density at radius 2 is 1.80 bits per heavy atom. The number of carbonyl (C=O) groups is 1. The molecule has 3 aromatic heterocycles. The van der Waals surface area contributed by atoms with E-state index < -0.39 is 16.1 Å². The first-order chi connectivity index (χ1) is 19.9. The number of nitrogens with zero attached hydrogens (tertiary/aromatic N) is 5. The molecule has 0 atom stereocenters. The fourth-order valence-corrected chi connectivity index (χ4v) is 5.86. The van der Waals surface area contributed by atoms with Gasteiger partial charge in [0.25, 0.3) is 10.0 Å². The van der Waals surface area contributed by atoms with E-state index in [9.17, 15) is 18.4 Å². The molecule has 0 unspecified atom stereocenters. The maximum atomic E-state index is 14.4. The highest BCUT2D eigenvalue weighted by atomic mass is 32.2. The Labute approximate surface area is 235 Å². The number of sulfonamides is 1. The van der Waals surface area contributed by atoms with E-state index in [1.54, 1.807) is 41.3 Å². The van der Waals surface area contributed by atoms with Gasteiger partial charge in [0, 0.05) is 24.5 Å². The van der Waals surface area contributed by atoms with Gasteiger partial charge in [-0.2, -0.15) is 5.10 Å². The van der Waals surface area contributed by atoms with E-state index in [0.717, 1.165) is 4.31 Å². The van der Waals surface area contributed by atoms with Crippen LogP contribution in [0.25, 0.3) is 22.3 Å². The van der Waals surface area contributed by atoms with Crippen LogP contribution in [0.1, 0.15) is 12.5 Å². The minimum Gasteiger partial charge on any atom is -0.497 e. The average molecular weight is 575 g/mol. The Morgan fingerprint density at radius 3 is 2.44 bits per heavy atom. The summed E-state index contributed by atoms with van der Waals surface area (Å²) in [5.41, 5.74) is 3.50. The van der Waals surface area contributed by atoms with E-state index in [0.29, 0.717) is 40.1 Å². The van der Waals surface area contributed by atoms with E-state index in [1.165, 1.54) is 30.9 Å². The van der Waals surface area contributed by atoms with Crippen molar-refractivity contribution >= 4 is 32.8 Å². The summed E-state index contributed by atoms with van der Waals surface area (Å²) in [5.74, 6) is 0.270. The molecule has 0 saturated carbocycles. The van der Waals surface area contributed by atoms with Gasteiger partial charge in [-0.1, -0.05) is 36.4 Å². The zero-order valence-corrected chi connectivity index (χ0v) is 22.9. The normalized spacial score (nSPS) is 11.3. The number of hydrogen-bond donors (Lipinski definition) is 2. The summed E-state index contributed by atoms with van der Waals surface area (Å²) in [7, 11) is -2.83. The number of carbonyl (C=O) groups excluding carboxylic acids is 1. The van der Waals surface area contributed by atoms with E-state index >= 15 is 0 Å². The molecule has 2 N–H and O–H groups in total. The molecule has 0 aliphatic carbocycles. The molecule has 13 heteroatoms. The number of hydrogen-bond acceptors (Lipinski definition) is 9. The van der Waals surface area contributed by atoms with Crippen LogP contribution < -0.4 is 19.3 Å². The number of amides is 1. The van der Waals surface area contributed by atoms with Gasteiger partial charge < -0.3 is 9.47 Å². The van der Waals surface area contributed by atoms with E-state index in [2.05, 4.69) is 9.97 Å². The molecule has 210 valence electrons. The van der Waals surface area contributed by atoms with Gasteiger partial charge in [-0.05, 0) is 42.8 Å². The second-order valence-corrected chi connectivity index (χ2v) is 10.6. The van der Waals surface area contributed by atoms with Gasteiger partial charge in [0.15, 0.2) is 11.4 Å². The van der Waals surface area contributed by atoms with Gasteiger partial charge in [0.1, 0.15) is 17.1 Å². The number of fused-ring (bicyclic) bond motifs is 1. The van der Waals surface area contributed by atoms with Crippen LogP contribution in [0.5, 0.6) is 11.5 Å². The van der Waals surface area contributed by atoms with Gasteiger partial charge in [-0.25, -0.2) is 28.4 Å². The molecule has 41 heavy (non-hydrogen) atoms. The minimum absolute atomic E-state index is 0.0109. The SMILES string of the molecule is CCn1nc(-c2ccccc2)c2c(N(Cc3cccnc3)S(=O)(=O)c3ccc(OC)cc3)c(OC(=O)NO)cnc21. The summed E-state index contributed by atoms with van der Waals surface area (Å²) < 4.78 is 42.2. The molecule has 2 aromatic carbocycles. The highest BCUT2D eigenvalue weighted by molar-refractivity contribution is 7.92. The van der Waals surface area contributed by atoms with Crippen molar-refractivity contribution in [3.63, 3.8) is 0 Å². The topological polar surface area (TPSA) is 149 Å². The Morgan fingerprint density at radius 1 is 1.05 bits per heavy atom. The van der Waals surface area contributed by atoms with Crippen molar-refractivity contribution in [2.24, 2.45) is 0 Å². The van der Waals surface area contributed by atoms with Crippen LogP contribution in [0.3, 0.4) is 0 Å². The highest BCUT2D eigenvalue weighted by Crippen LogP contribution is 2.43. The molecule has 0 fully saturated rings. The number of anilines is 1. The summed E-state index contributed by atoms with van der Waals surface area (Å²) in [6, 6.07) is 18.6. The fraction of sp³-hybridized carbons (Fsp3) is 0.143. The number of pyridine rings is 2. The molecule has 0 spiro atoms. The molecule has 0 bridgehead atoms. The zero-order valence-electron chi connectivity index (χ0n) is 22.1. The lowest BCUT2D eigenvalue weighted by Crippen LogP contribution is -2.32. The van der Waals surface area contributed by atoms with Crippen LogP contribution in [0.4, 0.5) is 10.5 Å². The highest BCUT2D eigenvalue weighted by Gasteiger charge is 2.33. The average Bonchev–Trinajstić information content (AvgIpc) is 3.40. The number of hydroxylamine groups is 1. The van der Waals surface area contributed by atoms with Crippen LogP contribution in [0.2, 0.25) is 0 Å². The monoisotopic (exact) mass is 574 g/mol. The number of aryl methyl sites for hydroxylation is 1. The Bertz CT molecular complexity index is 1780. The maximum absolute atomic E-state index is 14.4. The van der Waals surface area contributed by atoms with E-state index in [4.69, 9.17) is 14.6 Å². The Hall–Kier alpha value is -5.01. The van der Waals surface area contributed by atoms with Crippen LogP contribution in [0, 0.1) is 0 Å². The quantitative estimate of drug-likeness (QED) is 0.193. The predicted molar refractivity (Wildman–Crippen MR) is 150 cm³/mol. The molecule has 5 rings (SSSR count). The second kappa shape index (κ2) is 11.6. The van der Waals surface area contributed by atoms with Crippen LogP contribution >= 0.6 is 0 Å². The third-order valence-corrected chi connectivity index (χ3v) is 8.05. The van der Waals surface area contributed by atoms with Crippen LogP contribution in [0.15, 0.2) is 90.2 Å². The molecule has 0 aliphatic rings. The van der Waals surface area contributed by atoms with Gasteiger partial charge in [0.05, 0.1) is 30.1 Å². The van der Waals surface area contributed by atoms with Gasteiger partial charge in [0.2, 0.25) is 0 Å². The summed E-state index contributed by atoms with van der Waals surface area (Å²) in [6.07, 6.45) is 3.13. The smallest absolute Gasteiger partial charge is 0.436 e. The largest absolute Gasteiger partial charge is 0.497 e. The molecule has 3 heterocycles. The van der Waals surface area contributed by atoms with Crippen molar-refractivity contribution in [3.05, 3.63) is 90.9 Å². The van der Waals surface area contributed by atoms with Crippen molar-refractivity contribution in [2.75, 3.05) is 11.4 Å². The molecule has 0 radical (unpaired) electrons. The van der Waals surface area contributed by atoms with Crippen LogP contribution in [-0.2, 0) is 23.1 Å². The standard InChI is InChI=1S/C28H26N6O6S/c1-3-33-27-24(25(31-33)20-9-5-4-6-10-20)26(23(17-30-27)40-28(35)32-36)34(18-19-8-7-15-29-16-19)41(37,38)22-13-11-21(39-2)12-14-22/h4-17,36H,3,18H2,1-2H3,(H,32,35). The summed E-state index contributed by atoms with van der Waals surface area (Å²) in [4.78, 5) is 20.8. The molecule has 0 aliphatic heterocycles. The molecular weight excluding hydrogens is 548 g/mol.